The molecule has 0 saturated carbocycles. The van der Waals surface area contributed by atoms with Crippen LogP contribution in [0.25, 0.3) is 0 Å². The number of esters is 1. The van der Waals surface area contributed by atoms with Crippen LogP contribution in [0.5, 0.6) is 0 Å². The lowest BCUT2D eigenvalue weighted by molar-refractivity contribution is -0.198. The molecular weight excluding hydrogens is 338 g/mol. The molecule has 7 nitrogen and oxygen atoms in total. The Morgan fingerprint density at radius 1 is 1.31 bits per heavy atom. The molecule has 3 rings (SSSR count). The highest BCUT2D eigenvalue weighted by molar-refractivity contribution is 5.89. The van der Waals surface area contributed by atoms with Gasteiger partial charge in [0.1, 0.15) is 6.10 Å². The number of benzene rings is 1. The number of hydrogen-bond acceptors (Lipinski definition) is 6. The number of amides is 1. The molecule has 1 aromatic rings. The van der Waals surface area contributed by atoms with Gasteiger partial charge in [-0.05, 0) is 19.4 Å². The van der Waals surface area contributed by atoms with E-state index in [9.17, 15) is 9.59 Å². The van der Waals surface area contributed by atoms with E-state index in [0.717, 1.165) is 5.56 Å². The van der Waals surface area contributed by atoms with Crippen LogP contribution in [-0.4, -0.2) is 61.1 Å². The molecule has 3 atom stereocenters. The quantitative estimate of drug-likeness (QED) is 0.540. The third-order valence-corrected chi connectivity index (χ3v) is 4.66. The van der Waals surface area contributed by atoms with Crippen molar-refractivity contribution in [3.05, 3.63) is 35.9 Å². The van der Waals surface area contributed by atoms with E-state index >= 15 is 0 Å². The topological polar surface area (TPSA) is 74.3 Å². The number of ether oxygens (including phenoxy) is 4. The highest BCUT2D eigenvalue weighted by atomic mass is 16.7. The summed E-state index contributed by atoms with van der Waals surface area (Å²) in [7, 11) is 1.33. The summed E-state index contributed by atoms with van der Waals surface area (Å²) in [4.78, 5) is 25.6. The van der Waals surface area contributed by atoms with Crippen LogP contribution in [0.4, 0.5) is 0 Å². The van der Waals surface area contributed by atoms with Crippen molar-refractivity contribution in [2.24, 2.45) is 0 Å². The summed E-state index contributed by atoms with van der Waals surface area (Å²) in [5, 5.41) is 0. The Morgan fingerprint density at radius 2 is 2.04 bits per heavy atom. The van der Waals surface area contributed by atoms with E-state index in [1.54, 1.807) is 4.90 Å². The van der Waals surface area contributed by atoms with Gasteiger partial charge in [0, 0.05) is 6.54 Å². The van der Waals surface area contributed by atoms with Gasteiger partial charge < -0.3 is 23.8 Å². The van der Waals surface area contributed by atoms with E-state index in [0.29, 0.717) is 13.2 Å². The maximum absolute atomic E-state index is 12.6. The molecule has 0 N–H and O–H groups in total. The lowest BCUT2D eigenvalue weighted by Gasteiger charge is -2.48. The van der Waals surface area contributed by atoms with Crippen molar-refractivity contribution >= 4 is 11.9 Å². The number of carbonyl (C=O) groups is 2. The fourth-order valence-electron chi connectivity index (χ4n) is 3.32. The van der Waals surface area contributed by atoms with Crippen molar-refractivity contribution in [1.29, 1.82) is 0 Å². The van der Waals surface area contributed by atoms with Crippen LogP contribution in [0, 0.1) is 0 Å². The van der Waals surface area contributed by atoms with Crippen molar-refractivity contribution in [2.45, 2.75) is 50.9 Å². The lowest BCUT2D eigenvalue weighted by atomic mass is 9.92. The molecule has 1 amide bonds. The van der Waals surface area contributed by atoms with E-state index < -0.39 is 11.9 Å². The summed E-state index contributed by atoms with van der Waals surface area (Å²) in [5.74, 6) is -1.18. The third-order valence-electron chi connectivity index (χ3n) is 4.66. The summed E-state index contributed by atoms with van der Waals surface area (Å²) < 4.78 is 22.1. The SMILES string of the molecule is COC(=O)CCN1C(=O)[C@H](OCc2ccccc2)[C@@H]1[C@H]1COC(C)(C)O1. The molecule has 0 radical (unpaired) electrons. The van der Waals surface area contributed by atoms with Crippen molar-refractivity contribution in [2.75, 3.05) is 20.3 Å². The first-order chi connectivity index (χ1) is 12.4. The van der Waals surface area contributed by atoms with Gasteiger partial charge >= 0.3 is 5.97 Å². The summed E-state index contributed by atoms with van der Waals surface area (Å²) in [6, 6.07) is 9.41. The van der Waals surface area contributed by atoms with Gasteiger partial charge in [-0.3, -0.25) is 9.59 Å². The van der Waals surface area contributed by atoms with Gasteiger partial charge in [0.2, 0.25) is 0 Å². The second-order valence-electron chi connectivity index (χ2n) is 6.93. The highest BCUT2D eigenvalue weighted by Crippen LogP contribution is 2.34. The van der Waals surface area contributed by atoms with Crippen LogP contribution in [0.15, 0.2) is 30.3 Å². The Morgan fingerprint density at radius 3 is 2.65 bits per heavy atom. The minimum atomic E-state index is -0.693. The Hall–Kier alpha value is -1.96. The summed E-state index contributed by atoms with van der Waals surface area (Å²) >= 11 is 0. The maximum atomic E-state index is 12.6. The lowest BCUT2D eigenvalue weighted by Crippen LogP contribution is -2.70. The molecule has 2 saturated heterocycles. The first kappa shape index (κ1) is 18.8. The minimum absolute atomic E-state index is 0.136. The largest absolute Gasteiger partial charge is 0.469 e. The van der Waals surface area contributed by atoms with E-state index in [2.05, 4.69) is 4.74 Å². The fourth-order valence-corrected chi connectivity index (χ4v) is 3.32. The fraction of sp³-hybridized carbons (Fsp3) is 0.579. The molecule has 1 aromatic carbocycles. The van der Waals surface area contributed by atoms with Crippen LogP contribution in [0.3, 0.4) is 0 Å². The minimum Gasteiger partial charge on any atom is -0.469 e. The number of nitrogens with zero attached hydrogens (tertiary/aromatic N) is 1. The summed E-state index contributed by atoms with van der Waals surface area (Å²) in [6.45, 7) is 4.68. The normalized spacial score (nSPS) is 27.3. The van der Waals surface area contributed by atoms with Gasteiger partial charge in [-0.25, -0.2) is 0 Å². The van der Waals surface area contributed by atoms with Crippen molar-refractivity contribution < 1.29 is 28.5 Å². The Bertz CT molecular complexity index is 647. The Labute approximate surface area is 153 Å². The molecule has 2 heterocycles. The first-order valence-electron chi connectivity index (χ1n) is 8.76. The number of likely N-dealkylation sites (tertiary alicyclic amines) is 1. The van der Waals surface area contributed by atoms with Gasteiger partial charge in [0.15, 0.2) is 11.9 Å². The first-order valence-corrected chi connectivity index (χ1v) is 8.76. The van der Waals surface area contributed by atoms with Crippen molar-refractivity contribution in [3.63, 3.8) is 0 Å². The monoisotopic (exact) mass is 363 g/mol. The van der Waals surface area contributed by atoms with Gasteiger partial charge in [0.05, 0.1) is 32.8 Å². The summed E-state index contributed by atoms with van der Waals surface area (Å²) in [5.41, 5.74) is 0.996. The Kier molecular flexibility index (Phi) is 5.60. The molecule has 142 valence electrons. The maximum Gasteiger partial charge on any atom is 0.307 e. The number of rotatable bonds is 7. The second kappa shape index (κ2) is 7.73. The number of hydrogen-bond donors (Lipinski definition) is 0. The molecule has 0 unspecified atom stereocenters. The predicted molar refractivity (Wildman–Crippen MR) is 92.1 cm³/mol. The van der Waals surface area contributed by atoms with E-state index in [-0.39, 0.29) is 37.0 Å². The zero-order chi connectivity index (χ0) is 18.7. The van der Waals surface area contributed by atoms with Gasteiger partial charge in [-0.2, -0.15) is 0 Å². The second-order valence-corrected chi connectivity index (χ2v) is 6.93. The van der Waals surface area contributed by atoms with Gasteiger partial charge in [-0.15, -0.1) is 0 Å². The van der Waals surface area contributed by atoms with E-state index in [1.807, 2.05) is 44.2 Å². The van der Waals surface area contributed by atoms with Gasteiger partial charge in [-0.1, -0.05) is 30.3 Å². The van der Waals surface area contributed by atoms with Crippen LogP contribution in [0.1, 0.15) is 25.8 Å². The molecule has 2 fully saturated rings. The zero-order valence-corrected chi connectivity index (χ0v) is 15.3. The molecule has 7 heteroatoms. The van der Waals surface area contributed by atoms with Crippen LogP contribution in [0.2, 0.25) is 0 Å². The average Bonchev–Trinajstić information content (AvgIpc) is 2.98. The van der Waals surface area contributed by atoms with Gasteiger partial charge in [0.25, 0.3) is 5.91 Å². The molecule has 26 heavy (non-hydrogen) atoms. The van der Waals surface area contributed by atoms with E-state index in [1.165, 1.54) is 7.11 Å². The molecule has 0 aliphatic carbocycles. The van der Waals surface area contributed by atoms with Crippen molar-refractivity contribution in [1.82, 2.24) is 4.90 Å². The number of carbonyl (C=O) groups excluding carboxylic acids is 2. The van der Waals surface area contributed by atoms with Crippen LogP contribution < -0.4 is 0 Å². The molecule has 2 aliphatic heterocycles. The molecule has 0 spiro atoms. The highest BCUT2D eigenvalue weighted by Gasteiger charge is 2.55. The number of β-lactam (4-membered cyclic amide) rings is 1. The van der Waals surface area contributed by atoms with Crippen molar-refractivity contribution in [3.8, 4) is 0 Å². The predicted octanol–water partition coefficient (Wildman–Crippen LogP) is 1.50. The number of methoxy groups -OCH3 is 1. The average molecular weight is 363 g/mol. The molecule has 0 bridgehead atoms. The smallest absolute Gasteiger partial charge is 0.307 e. The summed E-state index contributed by atoms with van der Waals surface area (Å²) in [6.07, 6.45) is -0.752. The van der Waals surface area contributed by atoms with E-state index in [4.69, 9.17) is 14.2 Å². The Balaban J connectivity index is 1.66. The standard InChI is InChI=1S/C19H25NO6/c1-19(2)25-12-14(26-19)16-17(24-11-13-7-5-4-6-8-13)18(22)20(16)10-9-15(21)23-3/h4-8,14,16-17H,9-12H2,1-3H3/t14-,16+,17-/m1/s1. The third kappa shape index (κ3) is 4.06. The molecule has 2 aliphatic rings. The molecular formula is C19H25NO6. The van der Waals surface area contributed by atoms with Crippen LogP contribution >= 0.6 is 0 Å². The zero-order valence-electron chi connectivity index (χ0n) is 15.3. The van der Waals surface area contributed by atoms with Crippen LogP contribution in [-0.2, 0) is 35.1 Å². The molecule has 0 aromatic heterocycles.